The van der Waals surface area contributed by atoms with E-state index in [-0.39, 0.29) is 5.69 Å². The fourth-order valence-corrected chi connectivity index (χ4v) is 2.48. The third-order valence-electron chi connectivity index (χ3n) is 3.41. The van der Waals surface area contributed by atoms with E-state index < -0.39 is 4.92 Å². The van der Waals surface area contributed by atoms with Crippen LogP contribution < -0.4 is 5.32 Å². The summed E-state index contributed by atoms with van der Waals surface area (Å²) in [5, 5.41) is 14.3. The maximum atomic E-state index is 10.6. The molecule has 1 fully saturated rings. The van der Waals surface area contributed by atoms with Crippen molar-refractivity contribution < 1.29 is 4.92 Å². The molecule has 1 heterocycles. The molecule has 98 valence electrons. The summed E-state index contributed by atoms with van der Waals surface area (Å²) in [6.45, 7) is 3.13. The van der Waals surface area contributed by atoms with Crippen molar-refractivity contribution in [1.82, 2.24) is 4.90 Å². The van der Waals surface area contributed by atoms with Gasteiger partial charge in [-0.05, 0) is 26.5 Å². The molecule has 1 N–H and O–H groups in total. The Balaban J connectivity index is 2.08. The summed E-state index contributed by atoms with van der Waals surface area (Å²) < 4.78 is 0. The highest BCUT2D eigenvalue weighted by molar-refractivity contribution is 6.33. The van der Waals surface area contributed by atoms with E-state index in [4.69, 9.17) is 11.6 Å². The third kappa shape index (κ3) is 2.73. The molecule has 0 amide bonds. The van der Waals surface area contributed by atoms with E-state index in [1.165, 1.54) is 12.1 Å². The smallest absolute Gasteiger partial charge is 0.271 e. The molecule has 2 atom stereocenters. The monoisotopic (exact) mass is 269 g/mol. The van der Waals surface area contributed by atoms with Crippen LogP contribution in [0.5, 0.6) is 0 Å². The van der Waals surface area contributed by atoms with Crippen molar-refractivity contribution in [3.63, 3.8) is 0 Å². The molecule has 1 aliphatic rings. The van der Waals surface area contributed by atoms with Gasteiger partial charge in [-0.1, -0.05) is 11.6 Å². The van der Waals surface area contributed by atoms with Crippen molar-refractivity contribution >= 4 is 23.0 Å². The molecule has 1 aromatic carbocycles. The minimum atomic E-state index is -0.443. The fraction of sp³-hybridized carbons (Fsp3) is 0.500. The summed E-state index contributed by atoms with van der Waals surface area (Å²) in [4.78, 5) is 12.4. The number of benzene rings is 1. The molecule has 2 rings (SSSR count). The lowest BCUT2D eigenvalue weighted by Gasteiger charge is -2.15. The van der Waals surface area contributed by atoms with Crippen LogP contribution in [-0.4, -0.2) is 35.5 Å². The van der Waals surface area contributed by atoms with Crippen molar-refractivity contribution in [3.8, 4) is 0 Å². The largest absolute Gasteiger partial charge is 0.380 e. The maximum Gasteiger partial charge on any atom is 0.271 e. The molecular weight excluding hydrogens is 254 g/mol. The average Bonchev–Trinajstić information content (AvgIpc) is 2.61. The Kier molecular flexibility index (Phi) is 3.73. The summed E-state index contributed by atoms with van der Waals surface area (Å²) in [7, 11) is 2.09. The van der Waals surface area contributed by atoms with Crippen LogP contribution in [0.25, 0.3) is 0 Å². The molecule has 2 unspecified atom stereocenters. The number of anilines is 1. The molecule has 5 nitrogen and oxygen atoms in total. The first-order valence-electron chi connectivity index (χ1n) is 5.88. The van der Waals surface area contributed by atoms with Crippen molar-refractivity contribution in [2.24, 2.45) is 0 Å². The van der Waals surface area contributed by atoms with Gasteiger partial charge in [-0.15, -0.1) is 0 Å². The average molecular weight is 270 g/mol. The summed E-state index contributed by atoms with van der Waals surface area (Å²) in [5.41, 5.74) is 0.775. The Morgan fingerprint density at radius 2 is 2.28 bits per heavy atom. The molecule has 6 heteroatoms. The first-order valence-corrected chi connectivity index (χ1v) is 6.26. The minimum absolute atomic E-state index is 0.0162. The molecule has 0 spiro atoms. The number of nitro benzene ring substituents is 1. The Labute approximate surface area is 111 Å². The summed E-state index contributed by atoms with van der Waals surface area (Å²) in [6, 6.07) is 5.40. The van der Waals surface area contributed by atoms with Gasteiger partial charge < -0.3 is 10.2 Å². The quantitative estimate of drug-likeness (QED) is 0.677. The van der Waals surface area contributed by atoms with Gasteiger partial charge in [0.15, 0.2) is 0 Å². The van der Waals surface area contributed by atoms with Crippen molar-refractivity contribution in [2.45, 2.75) is 25.4 Å². The van der Waals surface area contributed by atoms with Crippen LogP contribution in [0.4, 0.5) is 11.4 Å². The zero-order valence-electron chi connectivity index (χ0n) is 10.4. The molecule has 1 aliphatic heterocycles. The third-order valence-corrected chi connectivity index (χ3v) is 3.72. The molecule has 0 radical (unpaired) electrons. The number of halogens is 1. The topological polar surface area (TPSA) is 58.4 Å². The zero-order valence-corrected chi connectivity index (χ0v) is 11.1. The molecule has 1 aromatic rings. The minimum Gasteiger partial charge on any atom is -0.380 e. The number of nitrogens with zero attached hydrogens (tertiary/aromatic N) is 2. The van der Waals surface area contributed by atoms with Gasteiger partial charge >= 0.3 is 0 Å². The molecule has 0 aliphatic carbocycles. The van der Waals surface area contributed by atoms with E-state index in [0.29, 0.717) is 17.1 Å². The first-order chi connectivity index (χ1) is 8.47. The van der Waals surface area contributed by atoms with Crippen LogP contribution in [0.2, 0.25) is 5.02 Å². The van der Waals surface area contributed by atoms with E-state index in [9.17, 15) is 10.1 Å². The first kappa shape index (κ1) is 13.1. The number of nitro groups is 1. The number of non-ortho nitro benzene ring substituents is 1. The molecule has 0 saturated carbocycles. The number of hydrogen-bond donors (Lipinski definition) is 1. The van der Waals surface area contributed by atoms with Crippen LogP contribution in [-0.2, 0) is 0 Å². The highest BCUT2D eigenvalue weighted by Gasteiger charge is 2.26. The molecule has 0 bridgehead atoms. The van der Waals surface area contributed by atoms with Gasteiger partial charge in [0.05, 0.1) is 15.6 Å². The second-order valence-electron chi connectivity index (χ2n) is 4.79. The van der Waals surface area contributed by atoms with Crippen molar-refractivity contribution in [1.29, 1.82) is 0 Å². The second kappa shape index (κ2) is 5.12. The lowest BCUT2D eigenvalue weighted by atomic mass is 10.2. The van der Waals surface area contributed by atoms with E-state index in [2.05, 4.69) is 24.2 Å². The second-order valence-corrected chi connectivity index (χ2v) is 5.19. The molecule has 1 saturated heterocycles. The van der Waals surface area contributed by atoms with Crippen molar-refractivity contribution in [3.05, 3.63) is 33.3 Å². The van der Waals surface area contributed by atoms with E-state index in [0.717, 1.165) is 18.7 Å². The van der Waals surface area contributed by atoms with Gasteiger partial charge in [-0.2, -0.15) is 0 Å². The van der Waals surface area contributed by atoms with Crippen LogP contribution in [0.1, 0.15) is 13.3 Å². The predicted molar refractivity (Wildman–Crippen MR) is 72.2 cm³/mol. The van der Waals surface area contributed by atoms with Gasteiger partial charge in [0.1, 0.15) is 0 Å². The number of hydrogen-bond acceptors (Lipinski definition) is 4. The predicted octanol–water partition coefficient (Wildman–Crippen LogP) is 2.75. The van der Waals surface area contributed by atoms with E-state index in [1.807, 2.05) is 0 Å². The van der Waals surface area contributed by atoms with Crippen LogP contribution in [0.15, 0.2) is 18.2 Å². The summed E-state index contributed by atoms with van der Waals surface area (Å²) in [6.07, 6.45) is 1.05. The zero-order chi connectivity index (χ0) is 13.3. The van der Waals surface area contributed by atoms with E-state index >= 15 is 0 Å². The Hall–Kier alpha value is -1.33. The van der Waals surface area contributed by atoms with E-state index in [1.54, 1.807) is 6.07 Å². The lowest BCUT2D eigenvalue weighted by molar-refractivity contribution is -0.384. The molecular formula is C12H16ClN3O2. The normalized spacial score (nSPS) is 24.2. The van der Waals surface area contributed by atoms with Gasteiger partial charge in [0.2, 0.25) is 0 Å². The highest BCUT2D eigenvalue weighted by Crippen LogP contribution is 2.29. The van der Waals surface area contributed by atoms with Gasteiger partial charge in [-0.3, -0.25) is 10.1 Å². The van der Waals surface area contributed by atoms with Gasteiger partial charge in [0.25, 0.3) is 5.69 Å². The lowest BCUT2D eigenvalue weighted by Crippen LogP contribution is -2.24. The number of rotatable bonds is 3. The molecule has 18 heavy (non-hydrogen) atoms. The van der Waals surface area contributed by atoms with Gasteiger partial charge in [0, 0.05) is 30.8 Å². The van der Waals surface area contributed by atoms with Crippen molar-refractivity contribution in [2.75, 3.05) is 18.9 Å². The number of likely N-dealkylation sites (N-methyl/N-ethyl adjacent to an activating group) is 1. The molecule has 0 aromatic heterocycles. The Bertz CT molecular complexity index is 457. The highest BCUT2D eigenvalue weighted by atomic mass is 35.5. The van der Waals surface area contributed by atoms with Crippen LogP contribution in [0, 0.1) is 10.1 Å². The fourth-order valence-electron chi connectivity index (χ4n) is 2.25. The summed E-state index contributed by atoms with van der Waals surface area (Å²) in [5.74, 6) is 0. The Morgan fingerprint density at radius 3 is 2.78 bits per heavy atom. The Morgan fingerprint density at radius 1 is 1.56 bits per heavy atom. The number of likely N-dealkylation sites (tertiary alicyclic amines) is 1. The SMILES string of the molecule is CC1CC(Nc2ccc([N+](=O)[O-])cc2Cl)CN1C. The standard InChI is InChI=1S/C12H16ClN3O2/c1-8-5-9(7-15(8)2)14-12-4-3-10(16(17)18)6-11(12)13/h3-4,6,8-9,14H,5,7H2,1-2H3. The summed E-state index contributed by atoms with van der Waals surface area (Å²) >= 11 is 6.04. The van der Waals surface area contributed by atoms with Crippen LogP contribution >= 0.6 is 11.6 Å². The number of nitrogens with one attached hydrogen (secondary N) is 1. The maximum absolute atomic E-state index is 10.6. The van der Waals surface area contributed by atoms with Gasteiger partial charge in [-0.25, -0.2) is 0 Å². The van der Waals surface area contributed by atoms with Crippen LogP contribution in [0.3, 0.4) is 0 Å².